The number of aliphatic hydroxyl groups is 2. The maximum Gasteiger partial charge on any atom is 0.300 e. The molecule has 0 aromatic carbocycles. The van der Waals surface area contributed by atoms with Crippen LogP contribution in [-0.2, 0) is 31.0 Å². The Labute approximate surface area is 86.4 Å². The molecule has 0 aliphatic rings. The summed E-state index contributed by atoms with van der Waals surface area (Å²) in [6, 6.07) is 0. The van der Waals surface area contributed by atoms with Crippen LogP contribution in [0.25, 0.3) is 0 Å². The molecular weight excluding hydrogens is 227 g/mol. The molecule has 0 fully saturated rings. The van der Waals surface area contributed by atoms with E-state index in [1.54, 1.807) is 13.8 Å². The van der Waals surface area contributed by atoms with Gasteiger partial charge in [-0.2, -0.15) is 0 Å². The van der Waals surface area contributed by atoms with Crippen molar-refractivity contribution in [1.82, 2.24) is 0 Å². The van der Waals surface area contributed by atoms with Crippen LogP contribution in [0.1, 0.15) is 20.8 Å². The first-order valence-electron chi connectivity index (χ1n) is 2.97. The van der Waals surface area contributed by atoms with Crippen LogP contribution in [0.3, 0.4) is 0 Å². The van der Waals surface area contributed by atoms with E-state index in [9.17, 15) is 0 Å². The fourth-order valence-corrected chi connectivity index (χ4v) is 0. The normalized spacial score (nSPS) is 5.55. The Balaban J connectivity index is -0.0000000325. The van der Waals surface area contributed by atoms with Gasteiger partial charge in [-0.15, -0.1) is 0 Å². The minimum atomic E-state index is -0.833. The molecule has 0 aromatic rings. The van der Waals surface area contributed by atoms with Crippen LogP contribution in [0.4, 0.5) is 0 Å². The van der Waals surface area contributed by atoms with E-state index in [1.807, 2.05) is 0 Å². The first kappa shape index (κ1) is 22.5. The van der Waals surface area contributed by atoms with E-state index < -0.39 is 5.97 Å². The van der Waals surface area contributed by atoms with Crippen molar-refractivity contribution in [3.05, 3.63) is 0 Å². The van der Waals surface area contributed by atoms with Gasteiger partial charge in [-0.25, -0.2) is 0 Å². The van der Waals surface area contributed by atoms with E-state index in [0.717, 1.165) is 6.92 Å². The predicted octanol–water partition coefficient (Wildman–Crippen LogP) is 0.0856. The van der Waals surface area contributed by atoms with E-state index in [1.165, 1.54) is 0 Å². The molecule has 0 saturated carbocycles. The average Bonchev–Trinajstić information content (AvgIpc) is 1.65. The molecule has 0 heterocycles. The third kappa shape index (κ3) is 9430. The monoisotopic (exact) mass is 242 g/mol. The summed E-state index contributed by atoms with van der Waals surface area (Å²) in [5.41, 5.74) is 0. The molecule has 0 aromatic heterocycles. The molecule has 4 nitrogen and oxygen atoms in total. The standard InChI is InChI=1S/C2H4O2.2C2H6O.Zr/c1-2(3)4;2*1-2-3;/h1H3,(H,3,4);2*3H,2H2,1H3;. The van der Waals surface area contributed by atoms with Gasteiger partial charge in [-0.3, -0.25) is 4.79 Å². The second-order valence-corrected chi connectivity index (χ2v) is 1.15. The molecule has 0 radical (unpaired) electrons. The Morgan fingerprint density at radius 2 is 1.18 bits per heavy atom. The smallest absolute Gasteiger partial charge is 0.300 e. The maximum absolute atomic E-state index is 9.00. The van der Waals surface area contributed by atoms with Crippen LogP contribution >= 0.6 is 0 Å². The van der Waals surface area contributed by atoms with Crippen molar-refractivity contribution in [2.45, 2.75) is 20.8 Å². The summed E-state index contributed by atoms with van der Waals surface area (Å²) in [5.74, 6) is -0.833. The van der Waals surface area contributed by atoms with Crippen molar-refractivity contribution in [3.8, 4) is 0 Å². The molecule has 0 aliphatic heterocycles. The van der Waals surface area contributed by atoms with E-state index in [0.29, 0.717) is 0 Å². The van der Waals surface area contributed by atoms with Gasteiger partial charge in [0.15, 0.2) is 0 Å². The Hall–Kier alpha value is 0.273. The Kier molecular flexibility index (Phi) is 65.0. The van der Waals surface area contributed by atoms with Crippen LogP contribution < -0.4 is 0 Å². The molecule has 0 bridgehead atoms. The minimum Gasteiger partial charge on any atom is -0.481 e. The number of carboxylic acid groups (broad SMARTS) is 1. The molecule has 0 saturated heterocycles. The quantitative estimate of drug-likeness (QED) is 0.563. The summed E-state index contributed by atoms with van der Waals surface area (Å²) in [6.45, 7) is 4.94. The van der Waals surface area contributed by atoms with Crippen molar-refractivity contribution in [1.29, 1.82) is 0 Å². The largest absolute Gasteiger partial charge is 0.481 e. The molecule has 0 aliphatic carbocycles. The summed E-state index contributed by atoms with van der Waals surface area (Å²) in [6.07, 6.45) is 0. The van der Waals surface area contributed by atoms with Crippen LogP contribution in [0.5, 0.6) is 0 Å². The summed E-state index contributed by atoms with van der Waals surface area (Å²) in [7, 11) is 0. The number of aliphatic hydroxyl groups excluding tert-OH is 2. The summed E-state index contributed by atoms with van der Waals surface area (Å²) < 4.78 is 0. The number of rotatable bonds is 0. The third-order valence-electron chi connectivity index (χ3n) is 0. The summed E-state index contributed by atoms with van der Waals surface area (Å²) in [4.78, 5) is 9.00. The SMILES string of the molecule is CC(=O)O.CCO.CCO.[Zr]. The third-order valence-corrected chi connectivity index (χ3v) is 0. The molecule has 0 atom stereocenters. The Bertz CT molecular complexity index is 52.5. The first-order valence-corrected chi connectivity index (χ1v) is 2.97. The fraction of sp³-hybridized carbons (Fsp3) is 0.833. The molecule has 0 spiro atoms. The topological polar surface area (TPSA) is 77.8 Å². The van der Waals surface area contributed by atoms with Gasteiger partial charge in [0.2, 0.25) is 0 Å². The molecular formula is C6H16O4Zr. The first-order chi connectivity index (χ1) is 4.56. The molecule has 0 amide bonds. The number of hydrogen-bond donors (Lipinski definition) is 3. The molecule has 5 heteroatoms. The molecule has 0 rings (SSSR count). The van der Waals surface area contributed by atoms with Crippen LogP contribution in [0, 0.1) is 0 Å². The van der Waals surface area contributed by atoms with Crippen molar-refractivity contribution in [3.63, 3.8) is 0 Å². The van der Waals surface area contributed by atoms with E-state index in [-0.39, 0.29) is 39.4 Å². The number of carbonyl (C=O) groups is 1. The average molecular weight is 243 g/mol. The van der Waals surface area contributed by atoms with E-state index in [4.69, 9.17) is 20.1 Å². The van der Waals surface area contributed by atoms with Crippen LogP contribution in [0.15, 0.2) is 0 Å². The predicted molar refractivity (Wildman–Crippen MR) is 38.8 cm³/mol. The van der Waals surface area contributed by atoms with Gasteiger partial charge in [0.25, 0.3) is 5.97 Å². The van der Waals surface area contributed by atoms with Gasteiger partial charge in [0, 0.05) is 46.3 Å². The van der Waals surface area contributed by atoms with Gasteiger partial charge < -0.3 is 15.3 Å². The Morgan fingerprint density at radius 1 is 1.18 bits per heavy atom. The summed E-state index contributed by atoms with van der Waals surface area (Å²) >= 11 is 0. The van der Waals surface area contributed by atoms with Crippen molar-refractivity contribution in [2.75, 3.05) is 13.2 Å². The Morgan fingerprint density at radius 3 is 1.18 bits per heavy atom. The summed E-state index contributed by atoms with van der Waals surface area (Å²) in [5, 5.41) is 22.6. The molecule has 0 unspecified atom stereocenters. The minimum absolute atomic E-state index is 0. The maximum atomic E-state index is 9.00. The van der Waals surface area contributed by atoms with E-state index >= 15 is 0 Å². The second kappa shape index (κ2) is 31.8. The van der Waals surface area contributed by atoms with E-state index in [2.05, 4.69) is 0 Å². The number of hydrogen-bond acceptors (Lipinski definition) is 3. The van der Waals surface area contributed by atoms with Gasteiger partial charge in [-0.1, -0.05) is 0 Å². The van der Waals surface area contributed by atoms with Gasteiger partial charge >= 0.3 is 0 Å². The molecule has 11 heavy (non-hydrogen) atoms. The number of carboxylic acids is 1. The molecule has 68 valence electrons. The van der Waals surface area contributed by atoms with Crippen molar-refractivity contribution < 1.29 is 46.3 Å². The van der Waals surface area contributed by atoms with Crippen LogP contribution in [-0.4, -0.2) is 34.5 Å². The van der Waals surface area contributed by atoms with Gasteiger partial charge in [0.05, 0.1) is 0 Å². The zero-order chi connectivity index (χ0) is 8.99. The number of aliphatic carboxylic acids is 1. The zero-order valence-electron chi connectivity index (χ0n) is 7.16. The van der Waals surface area contributed by atoms with Gasteiger partial charge in [0.1, 0.15) is 0 Å². The van der Waals surface area contributed by atoms with Gasteiger partial charge in [-0.05, 0) is 13.8 Å². The fourth-order valence-electron chi connectivity index (χ4n) is 0. The van der Waals surface area contributed by atoms with Crippen molar-refractivity contribution >= 4 is 5.97 Å². The molecule has 3 N–H and O–H groups in total. The zero-order valence-corrected chi connectivity index (χ0v) is 9.62. The van der Waals surface area contributed by atoms with Crippen molar-refractivity contribution in [2.24, 2.45) is 0 Å². The van der Waals surface area contributed by atoms with Crippen LogP contribution in [0.2, 0.25) is 0 Å². The second-order valence-electron chi connectivity index (χ2n) is 1.15.